The van der Waals surface area contributed by atoms with Crippen molar-refractivity contribution in [2.24, 2.45) is 12.0 Å². The lowest BCUT2D eigenvalue weighted by Gasteiger charge is -2.34. The SMILES string of the molecule is CCCCCCNC(=NC)N1CCOC(c2cnn(C)c2)C1.I. The van der Waals surface area contributed by atoms with Gasteiger partial charge in [-0.25, -0.2) is 0 Å². The normalized spacial score (nSPS) is 18.7. The molecule has 2 heterocycles. The van der Waals surface area contributed by atoms with Crippen molar-refractivity contribution in [3.8, 4) is 0 Å². The summed E-state index contributed by atoms with van der Waals surface area (Å²) in [6, 6.07) is 0. The van der Waals surface area contributed by atoms with E-state index in [1.54, 1.807) is 0 Å². The number of hydrogen-bond donors (Lipinski definition) is 1. The third-order valence-electron chi connectivity index (χ3n) is 3.99. The van der Waals surface area contributed by atoms with Gasteiger partial charge in [0.05, 0.1) is 19.3 Å². The van der Waals surface area contributed by atoms with E-state index in [1.165, 1.54) is 25.7 Å². The largest absolute Gasteiger partial charge is 0.370 e. The van der Waals surface area contributed by atoms with E-state index in [9.17, 15) is 0 Å². The molecule has 6 nitrogen and oxygen atoms in total. The molecule has 1 N–H and O–H groups in total. The standard InChI is InChI=1S/C16H29N5O.HI/c1-4-5-6-7-8-18-16(17-2)21-9-10-22-15(13-21)14-11-19-20(3)12-14;/h11-12,15H,4-10,13H2,1-3H3,(H,17,18);1H. The van der Waals surface area contributed by atoms with Crippen molar-refractivity contribution in [1.29, 1.82) is 0 Å². The third kappa shape index (κ3) is 6.29. The molecule has 0 radical (unpaired) electrons. The summed E-state index contributed by atoms with van der Waals surface area (Å²) in [6.07, 6.45) is 9.03. The Morgan fingerprint density at radius 3 is 2.91 bits per heavy atom. The quantitative estimate of drug-likeness (QED) is 0.323. The number of nitrogens with one attached hydrogen (secondary N) is 1. The van der Waals surface area contributed by atoms with E-state index in [0.29, 0.717) is 0 Å². The molecule has 1 aliphatic heterocycles. The molecule has 1 aliphatic rings. The van der Waals surface area contributed by atoms with Crippen LogP contribution >= 0.6 is 24.0 Å². The van der Waals surface area contributed by atoms with Gasteiger partial charge in [-0.1, -0.05) is 26.2 Å². The Labute approximate surface area is 156 Å². The van der Waals surface area contributed by atoms with Crippen molar-refractivity contribution < 1.29 is 4.74 Å². The predicted octanol–water partition coefficient (Wildman–Crippen LogP) is 2.57. The number of aromatic nitrogens is 2. The average Bonchev–Trinajstić information content (AvgIpc) is 2.98. The molecule has 1 unspecified atom stereocenters. The van der Waals surface area contributed by atoms with Crippen molar-refractivity contribution in [3.05, 3.63) is 18.0 Å². The Bertz CT molecular complexity index is 477. The van der Waals surface area contributed by atoms with Gasteiger partial charge in [-0.3, -0.25) is 9.67 Å². The molecule has 0 spiro atoms. The number of nitrogens with zero attached hydrogens (tertiary/aromatic N) is 4. The predicted molar refractivity (Wildman–Crippen MR) is 104 cm³/mol. The van der Waals surface area contributed by atoms with Crippen LogP contribution in [0.5, 0.6) is 0 Å². The van der Waals surface area contributed by atoms with E-state index < -0.39 is 0 Å². The van der Waals surface area contributed by atoms with E-state index >= 15 is 0 Å². The van der Waals surface area contributed by atoms with Crippen LogP contribution < -0.4 is 5.32 Å². The number of rotatable bonds is 6. The summed E-state index contributed by atoms with van der Waals surface area (Å²) in [5.41, 5.74) is 1.13. The fourth-order valence-corrected chi connectivity index (χ4v) is 2.73. The van der Waals surface area contributed by atoms with E-state index in [1.807, 2.05) is 31.2 Å². The summed E-state index contributed by atoms with van der Waals surface area (Å²) in [5, 5.41) is 7.71. The summed E-state index contributed by atoms with van der Waals surface area (Å²) >= 11 is 0. The van der Waals surface area contributed by atoms with Gasteiger partial charge >= 0.3 is 0 Å². The van der Waals surface area contributed by atoms with Gasteiger partial charge in [-0.2, -0.15) is 5.10 Å². The highest BCUT2D eigenvalue weighted by atomic mass is 127. The number of halogens is 1. The van der Waals surface area contributed by atoms with E-state index in [2.05, 4.69) is 27.2 Å². The Morgan fingerprint density at radius 1 is 1.43 bits per heavy atom. The minimum absolute atomic E-state index is 0. The fourth-order valence-electron chi connectivity index (χ4n) is 2.73. The van der Waals surface area contributed by atoms with Crippen LogP contribution in [0.4, 0.5) is 0 Å². The molecule has 0 amide bonds. The van der Waals surface area contributed by atoms with Crippen LogP contribution in [-0.4, -0.2) is 53.9 Å². The Kier molecular flexibility index (Phi) is 9.54. The highest BCUT2D eigenvalue weighted by molar-refractivity contribution is 14.0. The van der Waals surface area contributed by atoms with Crippen LogP contribution in [0, 0.1) is 0 Å². The van der Waals surface area contributed by atoms with Crippen LogP contribution in [0.1, 0.15) is 44.3 Å². The zero-order chi connectivity index (χ0) is 15.8. The second-order valence-corrected chi connectivity index (χ2v) is 5.79. The molecule has 7 heteroatoms. The molecule has 1 aromatic heterocycles. The van der Waals surface area contributed by atoms with Crippen molar-refractivity contribution in [3.63, 3.8) is 0 Å². The first-order valence-corrected chi connectivity index (χ1v) is 8.30. The molecular formula is C16H30IN5O. The first kappa shape index (κ1) is 20.2. The lowest BCUT2D eigenvalue weighted by Crippen LogP contribution is -2.48. The lowest BCUT2D eigenvalue weighted by molar-refractivity contribution is -0.00802. The molecule has 23 heavy (non-hydrogen) atoms. The molecule has 132 valence electrons. The second-order valence-electron chi connectivity index (χ2n) is 5.79. The molecule has 1 aromatic rings. The zero-order valence-corrected chi connectivity index (χ0v) is 16.8. The summed E-state index contributed by atoms with van der Waals surface area (Å²) < 4.78 is 7.70. The number of unbranched alkanes of at least 4 members (excludes halogenated alkanes) is 3. The number of hydrogen-bond acceptors (Lipinski definition) is 3. The van der Waals surface area contributed by atoms with Crippen molar-refractivity contribution in [1.82, 2.24) is 20.0 Å². The molecule has 1 saturated heterocycles. The van der Waals surface area contributed by atoms with Gasteiger partial charge in [0.15, 0.2) is 5.96 Å². The monoisotopic (exact) mass is 435 g/mol. The maximum atomic E-state index is 5.88. The number of aryl methyl sites for hydroxylation is 1. The summed E-state index contributed by atoms with van der Waals surface area (Å²) in [4.78, 5) is 6.70. The first-order valence-electron chi connectivity index (χ1n) is 8.30. The van der Waals surface area contributed by atoms with Crippen LogP contribution in [0.25, 0.3) is 0 Å². The first-order chi connectivity index (χ1) is 10.7. The van der Waals surface area contributed by atoms with E-state index in [4.69, 9.17) is 4.74 Å². The zero-order valence-electron chi connectivity index (χ0n) is 14.5. The smallest absolute Gasteiger partial charge is 0.193 e. The van der Waals surface area contributed by atoms with Crippen LogP contribution in [0.2, 0.25) is 0 Å². The molecule has 0 aliphatic carbocycles. The number of morpholine rings is 1. The van der Waals surface area contributed by atoms with Crippen molar-refractivity contribution in [2.75, 3.05) is 33.3 Å². The van der Waals surface area contributed by atoms with Crippen LogP contribution in [0.15, 0.2) is 17.4 Å². The van der Waals surface area contributed by atoms with Gasteiger partial charge < -0.3 is 15.0 Å². The van der Waals surface area contributed by atoms with Gasteiger partial charge in [0.25, 0.3) is 0 Å². The Hall–Kier alpha value is -0.830. The van der Waals surface area contributed by atoms with Crippen LogP contribution in [-0.2, 0) is 11.8 Å². The molecular weight excluding hydrogens is 405 g/mol. The van der Waals surface area contributed by atoms with Gasteiger partial charge in [0.2, 0.25) is 0 Å². The van der Waals surface area contributed by atoms with Crippen molar-refractivity contribution >= 4 is 29.9 Å². The third-order valence-corrected chi connectivity index (χ3v) is 3.99. The minimum Gasteiger partial charge on any atom is -0.370 e. The van der Waals surface area contributed by atoms with E-state index in [-0.39, 0.29) is 30.1 Å². The van der Waals surface area contributed by atoms with Gasteiger partial charge in [0.1, 0.15) is 6.10 Å². The Morgan fingerprint density at radius 2 is 2.26 bits per heavy atom. The minimum atomic E-state index is 0. The molecule has 2 rings (SSSR count). The van der Waals surface area contributed by atoms with Gasteiger partial charge in [-0.05, 0) is 6.42 Å². The average molecular weight is 435 g/mol. The molecule has 1 atom stereocenters. The molecule has 1 fully saturated rings. The Balaban J connectivity index is 0.00000264. The fraction of sp³-hybridized carbons (Fsp3) is 0.750. The maximum absolute atomic E-state index is 5.88. The second kappa shape index (κ2) is 10.9. The highest BCUT2D eigenvalue weighted by Gasteiger charge is 2.24. The number of guanidine groups is 1. The molecule has 0 aromatic carbocycles. The maximum Gasteiger partial charge on any atom is 0.193 e. The van der Waals surface area contributed by atoms with Gasteiger partial charge in [-0.15, -0.1) is 24.0 Å². The highest BCUT2D eigenvalue weighted by Crippen LogP contribution is 2.21. The topological polar surface area (TPSA) is 54.7 Å². The number of ether oxygens (including phenoxy) is 1. The number of aliphatic imine (C=N–C) groups is 1. The summed E-state index contributed by atoms with van der Waals surface area (Å²) in [7, 11) is 3.78. The van der Waals surface area contributed by atoms with Crippen molar-refractivity contribution in [2.45, 2.75) is 38.7 Å². The lowest BCUT2D eigenvalue weighted by atomic mass is 10.1. The molecule has 0 bridgehead atoms. The summed E-state index contributed by atoms with van der Waals surface area (Å²) in [6.45, 7) is 5.64. The molecule has 0 saturated carbocycles. The van der Waals surface area contributed by atoms with Gasteiger partial charge in [0, 0.05) is 38.9 Å². The van der Waals surface area contributed by atoms with Crippen LogP contribution in [0.3, 0.4) is 0 Å². The summed E-state index contributed by atoms with van der Waals surface area (Å²) in [5.74, 6) is 0.980. The van der Waals surface area contributed by atoms with E-state index in [0.717, 1.165) is 37.8 Å².